The van der Waals surface area contributed by atoms with Crippen LogP contribution < -0.4 is 0 Å². The SMILES string of the molecule is CCC(=O)C(=Cc1cnno1)C(=O)O. The summed E-state index contributed by atoms with van der Waals surface area (Å²) in [6.45, 7) is 1.58. The van der Waals surface area contributed by atoms with E-state index in [0.717, 1.165) is 6.08 Å². The van der Waals surface area contributed by atoms with Gasteiger partial charge in [0.15, 0.2) is 11.5 Å². The summed E-state index contributed by atoms with van der Waals surface area (Å²) in [4.78, 5) is 21.8. The van der Waals surface area contributed by atoms with Gasteiger partial charge in [0.05, 0.1) is 6.20 Å². The maximum absolute atomic E-state index is 11.1. The van der Waals surface area contributed by atoms with E-state index in [1.54, 1.807) is 6.92 Å². The molecule has 0 spiro atoms. The van der Waals surface area contributed by atoms with Gasteiger partial charge in [0.2, 0.25) is 0 Å². The van der Waals surface area contributed by atoms with Crippen molar-refractivity contribution in [3.63, 3.8) is 0 Å². The number of carbonyl (C=O) groups is 2. The lowest BCUT2D eigenvalue weighted by Gasteiger charge is -1.96. The zero-order valence-corrected chi connectivity index (χ0v) is 7.43. The first-order valence-electron chi connectivity index (χ1n) is 3.90. The van der Waals surface area contributed by atoms with Crippen LogP contribution in [0.25, 0.3) is 6.08 Å². The summed E-state index contributed by atoms with van der Waals surface area (Å²) in [5, 5.41) is 15.2. The fourth-order valence-electron chi connectivity index (χ4n) is 0.833. The molecule has 1 aromatic heterocycles. The second-order valence-electron chi connectivity index (χ2n) is 2.46. The molecule has 0 radical (unpaired) electrons. The largest absolute Gasteiger partial charge is 0.478 e. The van der Waals surface area contributed by atoms with Gasteiger partial charge in [-0.15, -0.1) is 5.10 Å². The predicted octanol–water partition coefficient (Wildman–Crippen LogP) is 0.517. The highest BCUT2D eigenvalue weighted by Gasteiger charge is 2.16. The van der Waals surface area contributed by atoms with Crippen molar-refractivity contribution in [3.05, 3.63) is 17.5 Å². The number of carboxylic acid groups (broad SMARTS) is 1. The molecule has 0 amide bonds. The van der Waals surface area contributed by atoms with Crippen LogP contribution in [0.4, 0.5) is 0 Å². The molecule has 14 heavy (non-hydrogen) atoms. The molecule has 0 aliphatic carbocycles. The van der Waals surface area contributed by atoms with Gasteiger partial charge in [-0.05, 0) is 0 Å². The van der Waals surface area contributed by atoms with Gasteiger partial charge in [0.25, 0.3) is 0 Å². The van der Waals surface area contributed by atoms with Crippen molar-refractivity contribution in [3.8, 4) is 0 Å². The first kappa shape index (κ1) is 10.1. The van der Waals surface area contributed by atoms with Gasteiger partial charge in [0, 0.05) is 17.8 Å². The third-order valence-corrected chi connectivity index (χ3v) is 1.52. The van der Waals surface area contributed by atoms with Crippen molar-refractivity contribution >= 4 is 17.8 Å². The second kappa shape index (κ2) is 4.31. The van der Waals surface area contributed by atoms with E-state index in [0.29, 0.717) is 0 Å². The highest BCUT2D eigenvalue weighted by atomic mass is 16.5. The monoisotopic (exact) mass is 196 g/mol. The molecule has 0 aliphatic rings. The summed E-state index contributed by atoms with van der Waals surface area (Å²) in [7, 11) is 0. The van der Waals surface area contributed by atoms with E-state index in [9.17, 15) is 9.59 Å². The summed E-state index contributed by atoms with van der Waals surface area (Å²) < 4.78 is 4.56. The molecular weight excluding hydrogens is 188 g/mol. The lowest BCUT2D eigenvalue weighted by atomic mass is 10.1. The number of Topliss-reactive ketones (excluding diaryl/α,β-unsaturated/α-hetero) is 1. The van der Waals surface area contributed by atoms with E-state index in [-0.39, 0.29) is 17.8 Å². The van der Waals surface area contributed by atoms with Crippen molar-refractivity contribution in [2.24, 2.45) is 0 Å². The van der Waals surface area contributed by atoms with E-state index in [2.05, 4.69) is 14.9 Å². The molecule has 6 nitrogen and oxygen atoms in total. The smallest absolute Gasteiger partial charge is 0.339 e. The summed E-state index contributed by atoms with van der Waals surface area (Å²) in [6, 6.07) is 0. The minimum atomic E-state index is -1.28. The number of carbonyl (C=O) groups excluding carboxylic acids is 1. The maximum atomic E-state index is 11.1. The summed E-state index contributed by atoms with van der Waals surface area (Å²) >= 11 is 0. The fourth-order valence-corrected chi connectivity index (χ4v) is 0.833. The van der Waals surface area contributed by atoms with E-state index in [1.165, 1.54) is 6.20 Å². The number of aliphatic carboxylic acids is 1. The van der Waals surface area contributed by atoms with Crippen molar-refractivity contribution < 1.29 is 19.2 Å². The third kappa shape index (κ3) is 2.25. The second-order valence-corrected chi connectivity index (χ2v) is 2.46. The molecule has 74 valence electrons. The fraction of sp³-hybridized carbons (Fsp3) is 0.250. The first-order valence-corrected chi connectivity index (χ1v) is 3.90. The number of aromatic nitrogens is 2. The van der Waals surface area contributed by atoms with Crippen LogP contribution in [0.5, 0.6) is 0 Å². The lowest BCUT2D eigenvalue weighted by molar-refractivity contribution is -0.134. The molecular formula is C8H8N2O4. The Morgan fingerprint density at radius 1 is 1.64 bits per heavy atom. The molecule has 1 aromatic rings. The van der Waals surface area contributed by atoms with Crippen LogP contribution in [-0.4, -0.2) is 27.2 Å². The first-order chi connectivity index (χ1) is 6.65. The maximum Gasteiger partial charge on any atom is 0.339 e. The minimum Gasteiger partial charge on any atom is -0.478 e. The van der Waals surface area contributed by atoms with Crippen LogP contribution >= 0.6 is 0 Å². The Bertz CT molecular complexity index is 367. The van der Waals surface area contributed by atoms with E-state index >= 15 is 0 Å². The molecule has 1 N–H and O–H groups in total. The summed E-state index contributed by atoms with van der Waals surface area (Å²) in [5.41, 5.74) is -0.328. The quantitative estimate of drug-likeness (QED) is 0.428. The normalized spacial score (nSPS) is 11.4. The topological polar surface area (TPSA) is 93.3 Å². The van der Waals surface area contributed by atoms with Gasteiger partial charge < -0.3 is 9.63 Å². The van der Waals surface area contributed by atoms with Crippen molar-refractivity contribution in [2.45, 2.75) is 13.3 Å². The van der Waals surface area contributed by atoms with Gasteiger partial charge >= 0.3 is 5.97 Å². The van der Waals surface area contributed by atoms with Crippen LogP contribution in [0, 0.1) is 0 Å². The standard InChI is InChI=1S/C8H8N2O4/c1-2-7(11)6(8(12)13)3-5-4-9-10-14-5/h3-4H,2H2,1H3,(H,12,13). The van der Waals surface area contributed by atoms with Crippen LogP contribution in [0.15, 0.2) is 16.3 Å². The Morgan fingerprint density at radius 2 is 2.36 bits per heavy atom. The van der Waals surface area contributed by atoms with E-state index in [1.807, 2.05) is 0 Å². The van der Waals surface area contributed by atoms with Gasteiger partial charge in [-0.25, -0.2) is 4.79 Å². The highest BCUT2D eigenvalue weighted by molar-refractivity contribution is 6.19. The summed E-state index contributed by atoms with van der Waals surface area (Å²) in [5.74, 6) is -1.61. The molecule has 0 bridgehead atoms. The molecule has 0 fully saturated rings. The molecule has 1 heterocycles. The molecule has 0 atom stereocenters. The Labute approximate surface area is 79.2 Å². The lowest BCUT2D eigenvalue weighted by Crippen LogP contribution is -2.10. The van der Waals surface area contributed by atoms with Gasteiger partial charge in [-0.2, -0.15) is 0 Å². The number of rotatable bonds is 4. The van der Waals surface area contributed by atoms with Crippen molar-refractivity contribution in [2.75, 3.05) is 0 Å². The molecule has 0 saturated heterocycles. The molecule has 0 aliphatic heterocycles. The average Bonchev–Trinajstić information content (AvgIpc) is 2.65. The molecule has 0 aromatic carbocycles. The van der Waals surface area contributed by atoms with E-state index < -0.39 is 11.8 Å². The number of hydrogen-bond donors (Lipinski definition) is 1. The Morgan fingerprint density at radius 3 is 2.79 bits per heavy atom. The van der Waals surface area contributed by atoms with Crippen molar-refractivity contribution in [1.82, 2.24) is 10.4 Å². The van der Waals surface area contributed by atoms with Crippen LogP contribution in [0.3, 0.4) is 0 Å². The van der Waals surface area contributed by atoms with E-state index in [4.69, 9.17) is 5.11 Å². The Kier molecular flexibility index (Phi) is 3.11. The predicted molar refractivity (Wildman–Crippen MR) is 45.2 cm³/mol. The molecule has 0 saturated carbocycles. The number of nitrogens with zero attached hydrogens (tertiary/aromatic N) is 2. The van der Waals surface area contributed by atoms with Gasteiger partial charge in [0.1, 0.15) is 5.57 Å². The average molecular weight is 196 g/mol. The van der Waals surface area contributed by atoms with Crippen molar-refractivity contribution in [1.29, 1.82) is 0 Å². The number of carboxylic acids is 1. The zero-order chi connectivity index (χ0) is 10.6. The van der Waals surface area contributed by atoms with Gasteiger partial charge in [-0.3, -0.25) is 4.79 Å². The summed E-state index contributed by atoms with van der Waals surface area (Å²) in [6.07, 6.45) is 2.46. The van der Waals surface area contributed by atoms with Crippen LogP contribution in [0.1, 0.15) is 19.1 Å². The third-order valence-electron chi connectivity index (χ3n) is 1.52. The van der Waals surface area contributed by atoms with Crippen LogP contribution in [0.2, 0.25) is 0 Å². The van der Waals surface area contributed by atoms with Crippen LogP contribution in [-0.2, 0) is 9.59 Å². The molecule has 6 heteroatoms. The number of hydrogen-bond acceptors (Lipinski definition) is 5. The highest BCUT2D eigenvalue weighted by Crippen LogP contribution is 2.07. The molecule has 1 rings (SSSR count). The zero-order valence-electron chi connectivity index (χ0n) is 7.43. The minimum absolute atomic E-state index is 0.125. The Balaban J connectivity index is 2.99. The van der Waals surface area contributed by atoms with Gasteiger partial charge in [-0.1, -0.05) is 6.92 Å². The Hall–Kier alpha value is -1.98. The number of ketones is 1. The molecule has 0 unspecified atom stereocenters.